The SMILES string of the molecule is Cc1[nH]nc(C(=O)NCC2C(C)(C)C2(C)C)c1S(N)(=O)=O. The molecule has 0 radical (unpaired) electrons. The number of nitrogens with zero attached hydrogens (tertiary/aromatic N) is 1. The summed E-state index contributed by atoms with van der Waals surface area (Å²) in [6.45, 7) is 10.6. The molecule has 0 spiro atoms. The summed E-state index contributed by atoms with van der Waals surface area (Å²) >= 11 is 0. The molecule has 1 saturated carbocycles. The van der Waals surface area contributed by atoms with Crippen molar-refractivity contribution >= 4 is 15.9 Å². The molecule has 0 unspecified atom stereocenters. The lowest BCUT2D eigenvalue weighted by Crippen LogP contribution is -2.29. The summed E-state index contributed by atoms with van der Waals surface area (Å²) in [5, 5.41) is 14.1. The summed E-state index contributed by atoms with van der Waals surface area (Å²) in [6.07, 6.45) is 0. The highest BCUT2D eigenvalue weighted by atomic mass is 32.2. The molecule has 0 aliphatic heterocycles. The molecule has 118 valence electrons. The number of sulfonamides is 1. The minimum atomic E-state index is -3.99. The van der Waals surface area contributed by atoms with Gasteiger partial charge < -0.3 is 5.32 Å². The van der Waals surface area contributed by atoms with E-state index in [4.69, 9.17) is 5.14 Å². The molecular formula is C13H22N4O3S. The Hall–Kier alpha value is -1.41. The maximum absolute atomic E-state index is 12.2. The normalized spacial score (nSPS) is 20.3. The van der Waals surface area contributed by atoms with Gasteiger partial charge in [0.05, 0.1) is 5.69 Å². The first-order valence-electron chi connectivity index (χ1n) is 6.76. The maximum Gasteiger partial charge on any atom is 0.273 e. The number of aromatic amines is 1. The Kier molecular flexibility index (Phi) is 3.45. The van der Waals surface area contributed by atoms with Gasteiger partial charge in [0, 0.05) is 6.54 Å². The fourth-order valence-corrected chi connectivity index (χ4v) is 3.92. The number of hydrogen-bond acceptors (Lipinski definition) is 4. The van der Waals surface area contributed by atoms with E-state index in [2.05, 4.69) is 43.2 Å². The smallest absolute Gasteiger partial charge is 0.273 e. The van der Waals surface area contributed by atoms with Crippen molar-refractivity contribution in [3.63, 3.8) is 0 Å². The van der Waals surface area contributed by atoms with E-state index in [0.717, 1.165) is 0 Å². The molecule has 7 nitrogen and oxygen atoms in total. The Morgan fingerprint density at radius 1 is 1.33 bits per heavy atom. The van der Waals surface area contributed by atoms with Gasteiger partial charge in [0.25, 0.3) is 5.91 Å². The zero-order valence-corrected chi connectivity index (χ0v) is 13.8. The van der Waals surface area contributed by atoms with E-state index < -0.39 is 15.9 Å². The first kappa shape index (κ1) is 16.0. The van der Waals surface area contributed by atoms with Crippen molar-refractivity contribution < 1.29 is 13.2 Å². The third kappa shape index (κ3) is 2.46. The fourth-order valence-electron chi connectivity index (χ4n) is 3.04. The largest absolute Gasteiger partial charge is 0.350 e. The zero-order valence-electron chi connectivity index (χ0n) is 12.9. The molecule has 0 atom stereocenters. The second kappa shape index (κ2) is 4.54. The highest BCUT2D eigenvalue weighted by molar-refractivity contribution is 7.89. The van der Waals surface area contributed by atoms with Crippen molar-refractivity contribution in [3.8, 4) is 0 Å². The number of rotatable bonds is 4. The maximum atomic E-state index is 12.2. The number of primary sulfonamides is 1. The monoisotopic (exact) mass is 314 g/mol. The van der Waals surface area contributed by atoms with Crippen LogP contribution in [0.2, 0.25) is 0 Å². The van der Waals surface area contributed by atoms with Gasteiger partial charge in [-0.3, -0.25) is 9.89 Å². The molecule has 1 aliphatic carbocycles. The highest BCUT2D eigenvalue weighted by Crippen LogP contribution is 2.67. The molecule has 1 aliphatic rings. The van der Waals surface area contributed by atoms with Crippen LogP contribution < -0.4 is 10.5 Å². The van der Waals surface area contributed by atoms with Crippen LogP contribution in [0.1, 0.15) is 43.9 Å². The Morgan fingerprint density at radius 3 is 2.29 bits per heavy atom. The van der Waals surface area contributed by atoms with Gasteiger partial charge in [-0.2, -0.15) is 5.10 Å². The summed E-state index contributed by atoms with van der Waals surface area (Å²) in [5.41, 5.74) is 0.371. The lowest BCUT2D eigenvalue weighted by atomic mass is 10.0. The molecule has 21 heavy (non-hydrogen) atoms. The first-order chi connectivity index (χ1) is 9.40. The van der Waals surface area contributed by atoms with Crippen molar-refractivity contribution in [1.29, 1.82) is 0 Å². The molecule has 8 heteroatoms. The fraction of sp³-hybridized carbons (Fsp3) is 0.692. The van der Waals surface area contributed by atoms with Gasteiger partial charge in [0.2, 0.25) is 10.0 Å². The molecule has 0 aromatic carbocycles. The second-order valence-corrected chi connectivity index (χ2v) is 8.28. The van der Waals surface area contributed by atoms with Gasteiger partial charge in [0.1, 0.15) is 4.90 Å². The zero-order chi connectivity index (χ0) is 16.2. The molecule has 1 aromatic heterocycles. The third-order valence-corrected chi connectivity index (χ3v) is 6.25. The standard InChI is InChI=1S/C13H22N4O3S/c1-7-10(21(14,19)20)9(17-16-7)11(18)15-6-8-12(2,3)13(8,4)5/h8H,6H2,1-5H3,(H,15,18)(H,16,17)(H2,14,19,20). The lowest BCUT2D eigenvalue weighted by molar-refractivity contribution is 0.0941. The minimum absolute atomic E-state index is 0.143. The van der Waals surface area contributed by atoms with Crippen LogP contribution in [0.4, 0.5) is 0 Å². The average Bonchev–Trinajstić information content (AvgIpc) is 2.63. The predicted octanol–water partition coefficient (Wildman–Crippen LogP) is 0.778. The molecule has 1 heterocycles. The number of hydrogen-bond donors (Lipinski definition) is 3. The van der Waals surface area contributed by atoms with Gasteiger partial charge in [-0.1, -0.05) is 27.7 Å². The lowest BCUT2D eigenvalue weighted by Gasteiger charge is -2.06. The predicted molar refractivity (Wildman–Crippen MR) is 78.1 cm³/mol. The van der Waals surface area contributed by atoms with Crippen molar-refractivity contribution in [2.24, 2.45) is 21.9 Å². The molecule has 1 amide bonds. The van der Waals surface area contributed by atoms with Crippen LogP contribution in [0.15, 0.2) is 4.90 Å². The summed E-state index contributed by atoms with van der Waals surface area (Å²) in [5.74, 6) is -0.186. The van der Waals surface area contributed by atoms with E-state index >= 15 is 0 Å². The third-order valence-electron chi connectivity index (χ3n) is 5.18. The second-order valence-electron chi connectivity index (χ2n) is 6.78. The van der Waals surface area contributed by atoms with E-state index in [1.165, 1.54) is 6.92 Å². The molecule has 1 fully saturated rings. The first-order valence-corrected chi connectivity index (χ1v) is 8.31. The van der Waals surface area contributed by atoms with Crippen molar-refractivity contribution in [3.05, 3.63) is 11.4 Å². The molecule has 0 bridgehead atoms. The molecule has 2 rings (SSSR count). The van der Waals surface area contributed by atoms with E-state index in [-0.39, 0.29) is 27.1 Å². The van der Waals surface area contributed by atoms with E-state index in [9.17, 15) is 13.2 Å². The Balaban J connectivity index is 2.14. The number of aryl methyl sites for hydroxylation is 1. The van der Waals surface area contributed by atoms with Crippen LogP contribution in [-0.2, 0) is 10.0 Å². The summed E-state index contributed by atoms with van der Waals surface area (Å²) in [7, 11) is -3.99. The van der Waals surface area contributed by atoms with Crippen LogP contribution in [-0.4, -0.2) is 31.1 Å². The van der Waals surface area contributed by atoms with Crippen LogP contribution >= 0.6 is 0 Å². The van der Waals surface area contributed by atoms with Gasteiger partial charge >= 0.3 is 0 Å². The number of aromatic nitrogens is 2. The van der Waals surface area contributed by atoms with Gasteiger partial charge in [-0.25, -0.2) is 13.6 Å². The van der Waals surface area contributed by atoms with Crippen LogP contribution in [0.25, 0.3) is 0 Å². The van der Waals surface area contributed by atoms with Crippen molar-refractivity contribution in [2.45, 2.75) is 39.5 Å². The number of carbonyl (C=O) groups is 1. The van der Waals surface area contributed by atoms with Gasteiger partial charge in [0.15, 0.2) is 5.69 Å². The average molecular weight is 314 g/mol. The van der Waals surface area contributed by atoms with Crippen LogP contribution in [0, 0.1) is 23.7 Å². The van der Waals surface area contributed by atoms with E-state index in [0.29, 0.717) is 12.5 Å². The van der Waals surface area contributed by atoms with Gasteiger partial charge in [-0.05, 0) is 23.7 Å². The Labute approximate surface area is 124 Å². The number of amides is 1. The number of nitrogens with one attached hydrogen (secondary N) is 2. The quantitative estimate of drug-likeness (QED) is 0.761. The highest BCUT2D eigenvalue weighted by Gasteiger charge is 2.64. The van der Waals surface area contributed by atoms with E-state index in [1.54, 1.807) is 0 Å². The summed E-state index contributed by atoms with van der Waals surface area (Å²) in [6, 6.07) is 0. The summed E-state index contributed by atoms with van der Waals surface area (Å²) in [4.78, 5) is 11.9. The number of H-pyrrole nitrogens is 1. The van der Waals surface area contributed by atoms with Gasteiger partial charge in [-0.15, -0.1) is 0 Å². The topological polar surface area (TPSA) is 118 Å². The summed E-state index contributed by atoms with van der Waals surface area (Å²) < 4.78 is 23.1. The molecular weight excluding hydrogens is 292 g/mol. The molecule has 0 saturated heterocycles. The molecule has 1 aromatic rings. The van der Waals surface area contributed by atoms with Crippen molar-refractivity contribution in [1.82, 2.24) is 15.5 Å². The minimum Gasteiger partial charge on any atom is -0.350 e. The number of nitrogens with two attached hydrogens (primary N) is 1. The van der Waals surface area contributed by atoms with Crippen LogP contribution in [0.5, 0.6) is 0 Å². The van der Waals surface area contributed by atoms with E-state index in [1.807, 2.05) is 0 Å². The number of carbonyl (C=O) groups excluding carboxylic acids is 1. The van der Waals surface area contributed by atoms with Crippen LogP contribution in [0.3, 0.4) is 0 Å². The Bertz CT molecular complexity index is 674. The Morgan fingerprint density at radius 2 is 1.86 bits per heavy atom. The molecule has 4 N–H and O–H groups in total. The van der Waals surface area contributed by atoms with Crippen molar-refractivity contribution in [2.75, 3.05) is 6.54 Å².